The third kappa shape index (κ3) is 2.74. The summed E-state index contributed by atoms with van der Waals surface area (Å²) in [5.74, 6) is 0.850. The molecule has 0 spiro atoms. The Hall–Kier alpha value is -3.21. The highest BCUT2D eigenvalue weighted by Crippen LogP contribution is 2.34. The first-order chi connectivity index (χ1) is 13.7. The molecule has 142 valence electrons. The van der Waals surface area contributed by atoms with E-state index in [0.717, 1.165) is 41.4 Å². The Morgan fingerprint density at radius 3 is 2.96 bits per heavy atom. The molecule has 0 aliphatic heterocycles. The van der Waals surface area contributed by atoms with Crippen molar-refractivity contribution in [2.45, 2.75) is 31.8 Å². The standard InChI is InChI=1S/C23H23N3O2/c1-28-21-11-5-10-20-17(21)12-13-26(20)14-22(27)24-19-9-4-7-16-15-6-2-3-8-18(15)25-23(16)19/h2-3,5-6,8,10-13,19,25H,4,7,9,14H2,1H3,(H,24,27). The van der Waals surface area contributed by atoms with E-state index in [1.54, 1.807) is 7.11 Å². The van der Waals surface area contributed by atoms with Gasteiger partial charge in [0.2, 0.25) is 5.91 Å². The van der Waals surface area contributed by atoms with Crippen LogP contribution < -0.4 is 10.1 Å². The molecule has 1 unspecified atom stereocenters. The lowest BCUT2D eigenvalue weighted by Gasteiger charge is -2.24. The van der Waals surface area contributed by atoms with Crippen LogP contribution in [0, 0.1) is 0 Å². The maximum absolute atomic E-state index is 12.8. The molecule has 5 heteroatoms. The van der Waals surface area contributed by atoms with Crippen LogP contribution in [0.25, 0.3) is 21.8 Å². The molecule has 2 aromatic carbocycles. The molecule has 0 saturated heterocycles. The van der Waals surface area contributed by atoms with Gasteiger partial charge in [-0.2, -0.15) is 0 Å². The summed E-state index contributed by atoms with van der Waals surface area (Å²) >= 11 is 0. The second-order valence-corrected chi connectivity index (χ2v) is 7.41. The molecule has 4 aromatic rings. The van der Waals surface area contributed by atoms with E-state index in [0.29, 0.717) is 6.54 Å². The van der Waals surface area contributed by atoms with Crippen LogP contribution >= 0.6 is 0 Å². The van der Waals surface area contributed by atoms with E-state index in [1.807, 2.05) is 41.1 Å². The number of benzene rings is 2. The molecule has 1 aliphatic rings. The Labute approximate surface area is 163 Å². The van der Waals surface area contributed by atoms with Crippen LogP contribution in [0.4, 0.5) is 0 Å². The molecule has 2 aromatic heterocycles. The summed E-state index contributed by atoms with van der Waals surface area (Å²) in [6, 6.07) is 16.3. The van der Waals surface area contributed by atoms with E-state index in [1.165, 1.54) is 16.6 Å². The van der Waals surface area contributed by atoms with Gasteiger partial charge in [0, 0.05) is 28.2 Å². The number of amides is 1. The molecule has 2 heterocycles. The first-order valence-corrected chi connectivity index (χ1v) is 9.75. The lowest BCUT2D eigenvalue weighted by Crippen LogP contribution is -2.33. The summed E-state index contributed by atoms with van der Waals surface area (Å²) in [6.45, 7) is 0.294. The molecule has 0 bridgehead atoms. The smallest absolute Gasteiger partial charge is 0.240 e. The van der Waals surface area contributed by atoms with E-state index in [-0.39, 0.29) is 11.9 Å². The van der Waals surface area contributed by atoms with E-state index >= 15 is 0 Å². The van der Waals surface area contributed by atoms with Gasteiger partial charge >= 0.3 is 0 Å². The highest BCUT2D eigenvalue weighted by atomic mass is 16.5. The van der Waals surface area contributed by atoms with Crippen LogP contribution in [0.1, 0.15) is 30.1 Å². The summed E-state index contributed by atoms with van der Waals surface area (Å²) in [5, 5.41) is 5.54. The Morgan fingerprint density at radius 2 is 2.07 bits per heavy atom. The summed E-state index contributed by atoms with van der Waals surface area (Å²) < 4.78 is 7.39. The Morgan fingerprint density at radius 1 is 1.18 bits per heavy atom. The van der Waals surface area contributed by atoms with Crippen LogP contribution in [0.3, 0.4) is 0 Å². The number of para-hydroxylation sites is 1. The Bertz CT molecular complexity index is 1170. The zero-order chi connectivity index (χ0) is 19.1. The molecule has 5 rings (SSSR count). The maximum Gasteiger partial charge on any atom is 0.240 e. The highest BCUT2D eigenvalue weighted by molar-refractivity contribution is 5.88. The number of hydrogen-bond acceptors (Lipinski definition) is 2. The van der Waals surface area contributed by atoms with Crippen LogP contribution in [0.15, 0.2) is 54.7 Å². The van der Waals surface area contributed by atoms with Gasteiger partial charge in [-0.25, -0.2) is 0 Å². The number of rotatable bonds is 4. The van der Waals surface area contributed by atoms with Gasteiger partial charge in [0.25, 0.3) is 0 Å². The lowest BCUT2D eigenvalue weighted by atomic mass is 9.91. The van der Waals surface area contributed by atoms with Crippen LogP contribution in [-0.4, -0.2) is 22.6 Å². The average molecular weight is 373 g/mol. The molecule has 28 heavy (non-hydrogen) atoms. The van der Waals surface area contributed by atoms with Crippen molar-refractivity contribution in [1.82, 2.24) is 14.9 Å². The highest BCUT2D eigenvalue weighted by Gasteiger charge is 2.25. The summed E-state index contributed by atoms with van der Waals surface area (Å²) in [7, 11) is 1.67. The second kappa shape index (κ2) is 6.75. The second-order valence-electron chi connectivity index (χ2n) is 7.41. The molecular weight excluding hydrogens is 350 g/mol. The van der Waals surface area contributed by atoms with E-state index in [2.05, 4.69) is 28.5 Å². The van der Waals surface area contributed by atoms with Gasteiger partial charge in [-0.1, -0.05) is 24.3 Å². The van der Waals surface area contributed by atoms with Gasteiger partial charge in [-0.3, -0.25) is 4.79 Å². The zero-order valence-corrected chi connectivity index (χ0v) is 15.9. The van der Waals surface area contributed by atoms with Crippen molar-refractivity contribution in [3.8, 4) is 5.75 Å². The van der Waals surface area contributed by atoms with Crippen molar-refractivity contribution in [2.75, 3.05) is 7.11 Å². The van der Waals surface area contributed by atoms with Crippen LogP contribution in [0.2, 0.25) is 0 Å². The number of hydrogen-bond donors (Lipinski definition) is 2. The van der Waals surface area contributed by atoms with Crippen molar-refractivity contribution in [2.24, 2.45) is 0 Å². The molecule has 1 amide bonds. The molecule has 1 aliphatic carbocycles. The number of carbonyl (C=O) groups excluding carboxylic acids is 1. The SMILES string of the molecule is COc1cccc2c1ccn2CC(=O)NC1CCCc2c1[nH]c1ccccc21. The van der Waals surface area contributed by atoms with Gasteiger partial charge in [-0.05, 0) is 49.1 Å². The average Bonchev–Trinajstić information content (AvgIpc) is 3.30. The molecule has 2 N–H and O–H groups in total. The molecule has 1 atom stereocenters. The van der Waals surface area contributed by atoms with Gasteiger partial charge in [-0.15, -0.1) is 0 Å². The predicted octanol–water partition coefficient (Wildman–Crippen LogP) is 4.33. The fraction of sp³-hybridized carbons (Fsp3) is 0.261. The van der Waals surface area contributed by atoms with Crippen LogP contribution in [-0.2, 0) is 17.8 Å². The van der Waals surface area contributed by atoms with E-state index < -0.39 is 0 Å². The lowest BCUT2D eigenvalue weighted by molar-refractivity contribution is -0.122. The Balaban J connectivity index is 1.39. The number of ether oxygens (including phenoxy) is 1. The number of aromatic amines is 1. The van der Waals surface area contributed by atoms with Crippen molar-refractivity contribution in [1.29, 1.82) is 0 Å². The van der Waals surface area contributed by atoms with E-state index in [9.17, 15) is 4.79 Å². The molecule has 0 radical (unpaired) electrons. The predicted molar refractivity (Wildman–Crippen MR) is 111 cm³/mol. The number of methoxy groups -OCH3 is 1. The first kappa shape index (κ1) is 16.9. The van der Waals surface area contributed by atoms with E-state index in [4.69, 9.17) is 4.74 Å². The summed E-state index contributed by atoms with van der Waals surface area (Å²) in [4.78, 5) is 16.4. The van der Waals surface area contributed by atoms with Gasteiger partial charge in [0.05, 0.1) is 18.7 Å². The number of nitrogens with zero attached hydrogens (tertiary/aromatic N) is 1. The van der Waals surface area contributed by atoms with Crippen molar-refractivity contribution >= 4 is 27.7 Å². The minimum atomic E-state index is 0.0248. The third-order valence-corrected chi connectivity index (χ3v) is 5.76. The molecule has 0 fully saturated rings. The zero-order valence-electron chi connectivity index (χ0n) is 15.9. The van der Waals surface area contributed by atoms with Gasteiger partial charge in [0.15, 0.2) is 0 Å². The number of fused-ring (bicyclic) bond motifs is 4. The number of nitrogens with one attached hydrogen (secondary N) is 2. The monoisotopic (exact) mass is 373 g/mol. The summed E-state index contributed by atoms with van der Waals surface area (Å²) in [5.41, 5.74) is 4.67. The largest absolute Gasteiger partial charge is 0.496 e. The first-order valence-electron chi connectivity index (χ1n) is 9.75. The quantitative estimate of drug-likeness (QED) is 0.559. The van der Waals surface area contributed by atoms with Crippen molar-refractivity contribution < 1.29 is 9.53 Å². The number of H-pyrrole nitrogens is 1. The Kier molecular flexibility index (Phi) is 4.08. The molecule has 0 saturated carbocycles. The van der Waals surface area contributed by atoms with Crippen molar-refractivity contribution in [3.63, 3.8) is 0 Å². The fourth-order valence-electron chi connectivity index (χ4n) is 4.47. The van der Waals surface area contributed by atoms with Gasteiger partial charge < -0.3 is 19.6 Å². The summed E-state index contributed by atoms with van der Waals surface area (Å²) in [6.07, 6.45) is 5.06. The number of aryl methyl sites for hydroxylation is 1. The fourth-order valence-corrected chi connectivity index (χ4v) is 4.47. The third-order valence-electron chi connectivity index (χ3n) is 5.76. The topological polar surface area (TPSA) is 59.0 Å². The molecular formula is C23H23N3O2. The van der Waals surface area contributed by atoms with Crippen molar-refractivity contribution in [3.05, 3.63) is 66.0 Å². The number of aromatic nitrogens is 2. The van der Waals surface area contributed by atoms with Gasteiger partial charge in [0.1, 0.15) is 12.3 Å². The normalized spacial score (nSPS) is 16.2. The minimum Gasteiger partial charge on any atom is -0.496 e. The maximum atomic E-state index is 12.8. The minimum absolute atomic E-state index is 0.0248. The number of carbonyl (C=O) groups is 1. The molecule has 5 nitrogen and oxygen atoms in total. The van der Waals surface area contributed by atoms with Crippen LogP contribution in [0.5, 0.6) is 5.75 Å².